The third kappa shape index (κ3) is 4.26. The highest BCUT2D eigenvalue weighted by atomic mass is 16.5. The first-order valence-electron chi connectivity index (χ1n) is 10.7. The number of hydrogen-bond acceptors (Lipinski definition) is 4. The lowest BCUT2D eigenvalue weighted by molar-refractivity contribution is -0.135. The lowest BCUT2D eigenvalue weighted by Gasteiger charge is -2.33. The molecule has 1 aliphatic carbocycles. The Hall–Kier alpha value is -3.35. The van der Waals surface area contributed by atoms with E-state index in [1.54, 1.807) is 0 Å². The van der Waals surface area contributed by atoms with Crippen molar-refractivity contribution in [3.05, 3.63) is 65.2 Å². The van der Waals surface area contributed by atoms with Crippen molar-refractivity contribution in [1.29, 1.82) is 0 Å². The summed E-state index contributed by atoms with van der Waals surface area (Å²) in [7, 11) is 0. The number of imide groups is 1. The Balaban J connectivity index is 1.29. The quantitative estimate of drug-likeness (QED) is 0.532. The molecular formula is C24H27N3O4. The average molecular weight is 421 g/mol. The molecule has 2 aliphatic rings. The van der Waals surface area contributed by atoms with Crippen molar-refractivity contribution in [2.75, 3.05) is 19.7 Å². The molecule has 1 atom stereocenters. The second-order valence-electron chi connectivity index (χ2n) is 8.11. The van der Waals surface area contributed by atoms with Crippen LogP contribution < -0.4 is 15.4 Å². The topological polar surface area (TPSA) is 87.7 Å². The Bertz CT molecular complexity index is 1010. The Kier molecular flexibility index (Phi) is 5.93. The van der Waals surface area contributed by atoms with Gasteiger partial charge in [-0.1, -0.05) is 36.4 Å². The van der Waals surface area contributed by atoms with Crippen LogP contribution in [0.25, 0.3) is 0 Å². The third-order valence-electron chi connectivity index (χ3n) is 5.85. The molecule has 4 rings (SSSR count). The summed E-state index contributed by atoms with van der Waals surface area (Å²) in [6, 6.07) is 15.0. The first-order valence-corrected chi connectivity index (χ1v) is 10.7. The number of benzene rings is 2. The number of fused-ring (bicyclic) bond motifs is 2. The van der Waals surface area contributed by atoms with Crippen LogP contribution in [0.15, 0.2) is 48.5 Å². The van der Waals surface area contributed by atoms with Crippen LogP contribution in [0.5, 0.6) is 5.75 Å². The van der Waals surface area contributed by atoms with Crippen LogP contribution in [-0.4, -0.2) is 42.4 Å². The standard InChI is InChI=1S/C24H27N3O4/c1-17-7-4-10-19(15-17)31-14-6-13-25-21(28)16-27-22(29)24(26-23(27)30)12-5-9-18-8-2-3-11-20(18)24/h2-4,7-8,10-11,15H,5-6,9,12-14,16H2,1H3,(H,25,28)(H,26,30). The predicted molar refractivity (Wildman–Crippen MR) is 116 cm³/mol. The summed E-state index contributed by atoms with van der Waals surface area (Å²) < 4.78 is 5.66. The average Bonchev–Trinajstić information content (AvgIpc) is 2.98. The minimum atomic E-state index is -1.05. The van der Waals surface area contributed by atoms with Crippen LogP contribution in [-0.2, 0) is 21.5 Å². The van der Waals surface area contributed by atoms with Gasteiger partial charge in [0.25, 0.3) is 5.91 Å². The molecule has 0 radical (unpaired) electrons. The molecule has 1 aliphatic heterocycles. The molecule has 162 valence electrons. The second kappa shape index (κ2) is 8.79. The zero-order valence-electron chi connectivity index (χ0n) is 17.6. The molecule has 1 heterocycles. The maximum atomic E-state index is 13.2. The summed E-state index contributed by atoms with van der Waals surface area (Å²) in [6.07, 6.45) is 2.86. The zero-order valence-corrected chi connectivity index (χ0v) is 17.6. The molecule has 0 bridgehead atoms. The van der Waals surface area contributed by atoms with Gasteiger partial charge < -0.3 is 15.4 Å². The molecule has 0 aromatic heterocycles. The van der Waals surface area contributed by atoms with E-state index in [-0.39, 0.29) is 18.4 Å². The second-order valence-corrected chi connectivity index (χ2v) is 8.11. The highest BCUT2D eigenvalue weighted by Crippen LogP contribution is 2.39. The molecule has 2 aromatic rings. The zero-order chi connectivity index (χ0) is 21.8. The number of amides is 4. The van der Waals surface area contributed by atoms with E-state index in [4.69, 9.17) is 4.74 Å². The Morgan fingerprint density at radius 3 is 2.87 bits per heavy atom. The normalized spacial score (nSPS) is 19.8. The monoisotopic (exact) mass is 421 g/mol. The Morgan fingerprint density at radius 1 is 1.19 bits per heavy atom. The molecule has 2 N–H and O–H groups in total. The van der Waals surface area contributed by atoms with Gasteiger partial charge in [0.15, 0.2) is 0 Å². The van der Waals surface area contributed by atoms with Crippen LogP contribution in [0.4, 0.5) is 4.79 Å². The fraction of sp³-hybridized carbons (Fsp3) is 0.375. The molecule has 4 amide bonds. The van der Waals surface area contributed by atoms with Gasteiger partial charge in [-0.15, -0.1) is 0 Å². The minimum Gasteiger partial charge on any atom is -0.494 e. The van der Waals surface area contributed by atoms with Gasteiger partial charge in [-0.2, -0.15) is 0 Å². The number of hydrogen-bond donors (Lipinski definition) is 2. The van der Waals surface area contributed by atoms with E-state index in [1.807, 2.05) is 55.5 Å². The maximum absolute atomic E-state index is 13.2. The number of carbonyl (C=O) groups is 3. The van der Waals surface area contributed by atoms with Crippen LogP contribution in [0, 0.1) is 6.92 Å². The van der Waals surface area contributed by atoms with Gasteiger partial charge in [-0.25, -0.2) is 4.79 Å². The van der Waals surface area contributed by atoms with Gasteiger partial charge in [0, 0.05) is 6.54 Å². The molecular weight excluding hydrogens is 394 g/mol. The van der Waals surface area contributed by atoms with Crippen LogP contribution >= 0.6 is 0 Å². The van der Waals surface area contributed by atoms with E-state index in [0.29, 0.717) is 26.0 Å². The van der Waals surface area contributed by atoms with Crippen molar-refractivity contribution < 1.29 is 19.1 Å². The molecule has 7 heteroatoms. The molecule has 7 nitrogen and oxygen atoms in total. The van der Waals surface area contributed by atoms with Gasteiger partial charge in [0.1, 0.15) is 17.8 Å². The van der Waals surface area contributed by atoms with Crippen LogP contribution in [0.1, 0.15) is 36.0 Å². The summed E-state index contributed by atoms with van der Waals surface area (Å²) in [4.78, 5) is 39.1. The number of aryl methyl sites for hydroxylation is 2. The summed E-state index contributed by atoms with van der Waals surface area (Å²) in [6.45, 7) is 2.58. The summed E-state index contributed by atoms with van der Waals surface area (Å²) in [5.41, 5.74) is 1.99. The van der Waals surface area contributed by atoms with Crippen LogP contribution in [0.2, 0.25) is 0 Å². The largest absolute Gasteiger partial charge is 0.494 e. The van der Waals surface area contributed by atoms with Crippen molar-refractivity contribution in [1.82, 2.24) is 15.5 Å². The lowest BCUT2D eigenvalue weighted by atomic mass is 9.76. The third-order valence-corrected chi connectivity index (χ3v) is 5.85. The molecule has 31 heavy (non-hydrogen) atoms. The molecule has 1 spiro atoms. The molecule has 0 saturated carbocycles. The Labute approximate surface area is 181 Å². The number of urea groups is 1. The van der Waals surface area contributed by atoms with Crippen LogP contribution in [0.3, 0.4) is 0 Å². The molecule has 1 fully saturated rings. The first kappa shape index (κ1) is 20.9. The molecule has 1 saturated heterocycles. The number of nitrogens with zero attached hydrogens (tertiary/aromatic N) is 1. The van der Waals surface area contributed by atoms with Crippen molar-refractivity contribution in [3.8, 4) is 5.75 Å². The number of ether oxygens (including phenoxy) is 1. The van der Waals surface area contributed by atoms with E-state index in [0.717, 1.165) is 40.2 Å². The van der Waals surface area contributed by atoms with Gasteiger partial charge in [0.05, 0.1) is 6.61 Å². The van der Waals surface area contributed by atoms with E-state index in [1.165, 1.54) is 0 Å². The number of nitrogens with one attached hydrogen (secondary N) is 2. The smallest absolute Gasteiger partial charge is 0.325 e. The fourth-order valence-corrected chi connectivity index (χ4v) is 4.35. The molecule has 2 aromatic carbocycles. The number of carbonyl (C=O) groups excluding carboxylic acids is 3. The van der Waals surface area contributed by atoms with Crippen molar-refractivity contribution in [2.24, 2.45) is 0 Å². The summed E-state index contributed by atoms with van der Waals surface area (Å²) >= 11 is 0. The lowest BCUT2D eigenvalue weighted by Crippen LogP contribution is -2.47. The Morgan fingerprint density at radius 2 is 2.03 bits per heavy atom. The maximum Gasteiger partial charge on any atom is 0.325 e. The van der Waals surface area contributed by atoms with Crippen molar-refractivity contribution in [3.63, 3.8) is 0 Å². The van der Waals surface area contributed by atoms with Gasteiger partial charge in [-0.3, -0.25) is 14.5 Å². The molecule has 1 unspecified atom stereocenters. The van der Waals surface area contributed by atoms with E-state index >= 15 is 0 Å². The summed E-state index contributed by atoms with van der Waals surface area (Å²) in [5, 5.41) is 5.63. The summed E-state index contributed by atoms with van der Waals surface area (Å²) in [5.74, 6) is 0.0894. The highest BCUT2D eigenvalue weighted by Gasteiger charge is 2.54. The SMILES string of the molecule is Cc1cccc(OCCCNC(=O)CN2C(=O)NC3(CCCc4ccccc43)C2=O)c1. The number of rotatable bonds is 7. The minimum absolute atomic E-state index is 0.284. The first-order chi connectivity index (χ1) is 15.0. The van der Waals surface area contributed by atoms with Gasteiger partial charge in [0.2, 0.25) is 5.91 Å². The van der Waals surface area contributed by atoms with E-state index < -0.39 is 11.6 Å². The van der Waals surface area contributed by atoms with Gasteiger partial charge >= 0.3 is 6.03 Å². The fourth-order valence-electron chi connectivity index (χ4n) is 4.35. The van der Waals surface area contributed by atoms with E-state index in [9.17, 15) is 14.4 Å². The highest BCUT2D eigenvalue weighted by molar-refractivity contribution is 6.09. The van der Waals surface area contributed by atoms with Gasteiger partial charge in [-0.05, 0) is 61.4 Å². The van der Waals surface area contributed by atoms with Crippen molar-refractivity contribution >= 4 is 17.8 Å². The van der Waals surface area contributed by atoms with E-state index in [2.05, 4.69) is 10.6 Å². The predicted octanol–water partition coefficient (Wildman–Crippen LogP) is 2.66. The van der Waals surface area contributed by atoms with Crippen molar-refractivity contribution in [2.45, 2.75) is 38.1 Å².